The standard InChI is InChI=1S/C14H22N2O/c1-11(2)8-16-14(17)10-15-9-13-7-5-4-6-12(13)3/h4-7,11,15H,8-10H2,1-3H3,(H,16,17). The summed E-state index contributed by atoms with van der Waals surface area (Å²) in [5.41, 5.74) is 2.49. The van der Waals surface area contributed by atoms with E-state index in [4.69, 9.17) is 0 Å². The number of amides is 1. The van der Waals surface area contributed by atoms with Gasteiger partial charge in [0.15, 0.2) is 0 Å². The summed E-state index contributed by atoms with van der Waals surface area (Å²) in [6.07, 6.45) is 0. The van der Waals surface area contributed by atoms with Crippen LogP contribution in [0.3, 0.4) is 0 Å². The lowest BCUT2D eigenvalue weighted by molar-refractivity contribution is -0.120. The van der Waals surface area contributed by atoms with Crippen molar-refractivity contribution in [2.24, 2.45) is 5.92 Å². The van der Waals surface area contributed by atoms with Gasteiger partial charge in [-0.3, -0.25) is 4.79 Å². The fraction of sp³-hybridized carbons (Fsp3) is 0.500. The van der Waals surface area contributed by atoms with Crippen LogP contribution in [0, 0.1) is 12.8 Å². The summed E-state index contributed by atoms with van der Waals surface area (Å²) in [5, 5.41) is 6.04. The van der Waals surface area contributed by atoms with E-state index in [-0.39, 0.29) is 5.91 Å². The lowest BCUT2D eigenvalue weighted by Crippen LogP contribution is -2.35. The van der Waals surface area contributed by atoms with Gasteiger partial charge in [0.25, 0.3) is 0 Å². The molecule has 2 N–H and O–H groups in total. The predicted molar refractivity (Wildman–Crippen MR) is 70.7 cm³/mol. The van der Waals surface area contributed by atoms with Gasteiger partial charge in [0.05, 0.1) is 6.54 Å². The molecule has 1 aromatic rings. The van der Waals surface area contributed by atoms with Gasteiger partial charge in [0, 0.05) is 13.1 Å². The van der Waals surface area contributed by atoms with Crippen molar-refractivity contribution in [2.75, 3.05) is 13.1 Å². The second-order valence-corrected chi connectivity index (χ2v) is 4.73. The minimum Gasteiger partial charge on any atom is -0.355 e. The first-order valence-corrected chi connectivity index (χ1v) is 6.11. The molecule has 0 aliphatic rings. The minimum absolute atomic E-state index is 0.0623. The number of hydrogen-bond donors (Lipinski definition) is 2. The first-order valence-electron chi connectivity index (χ1n) is 6.11. The van der Waals surface area contributed by atoms with Crippen molar-refractivity contribution < 1.29 is 4.79 Å². The Labute approximate surface area is 104 Å². The molecular weight excluding hydrogens is 212 g/mol. The van der Waals surface area contributed by atoms with Crippen LogP contribution < -0.4 is 10.6 Å². The van der Waals surface area contributed by atoms with Crippen LogP contribution in [0.5, 0.6) is 0 Å². The molecule has 1 rings (SSSR count). The largest absolute Gasteiger partial charge is 0.355 e. The predicted octanol–water partition coefficient (Wildman–Crippen LogP) is 1.86. The first kappa shape index (κ1) is 13.7. The molecule has 0 fully saturated rings. The summed E-state index contributed by atoms with van der Waals surface area (Å²) in [4.78, 5) is 11.4. The molecule has 3 nitrogen and oxygen atoms in total. The van der Waals surface area contributed by atoms with Crippen LogP contribution in [-0.2, 0) is 11.3 Å². The topological polar surface area (TPSA) is 41.1 Å². The van der Waals surface area contributed by atoms with Gasteiger partial charge in [-0.05, 0) is 24.0 Å². The molecule has 3 heteroatoms. The summed E-state index contributed by atoms with van der Waals surface area (Å²) in [6, 6.07) is 8.20. The van der Waals surface area contributed by atoms with Crippen molar-refractivity contribution in [2.45, 2.75) is 27.3 Å². The molecule has 0 atom stereocenters. The van der Waals surface area contributed by atoms with E-state index in [1.54, 1.807) is 0 Å². The molecule has 0 heterocycles. The lowest BCUT2D eigenvalue weighted by Gasteiger charge is -2.09. The molecule has 0 aliphatic heterocycles. The number of benzene rings is 1. The van der Waals surface area contributed by atoms with Crippen LogP contribution >= 0.6 is 0 Å². The highest BCUT2D eigenvalue weighted by Crippen LogP contribution is 2.05. The summed E-state index contributed by atoms with van der Waals surface area (Å²) in [5.74, 6) is 0.558. The van der Waals surface area contributed by atoms with Gasteiger partial charge < -0.3 is 10.6 Å². The Morgan fingerprint density at radius 1 is 1.29 bits per heavy atom. The maximum Gasteiger partial charge on any atom is 0.233 e. The van der Waals surface area contributed by atoms with E-state index in [0.29, 0.717) is 12.5 Å². The number of rotatable bonds is 6. The van der Waals surface area contributed by atoms with Gasteiger partial charge in [-0.15, -0.1) is 0 Å². The Morgan fingerprint density at radius 3 is 2.65 bits per heavy atom. The Morgan fingerprint density at radius 2 is 2.00 bits per heavy atom. The third-order valence-electron chi connectivity index (χ3n) is 2.57. The van der Waals surface area contributed by atoms with Crippen LogP contribution in [0.15, 0.2) is 24.3 Å². The number of carbonyl (C=O) groups excluding carboxylic acids is 1. The average Bonchev–Trinajstić information content (AvgIpc) is 2.29. The van der Waals surface area contributed by atoms with Crippen molar-refractivity contribution in [1.29, 1.82) is 0 Å². The maximum absolute atomic E-state index is 11.4. The van der Waals surface area contributed by atoms with Crippen LogP contribution in [0.4, 0.5) is 0 Å². The first-order chi connectivity index (χ1) is 8.09. The van der Waals surface area contributed by atoms with E-state index in [0.717, 1.165) is 13.1 Å². The van der Waals surface area contributed by atoms with Crippen molar-refractivity contribution in [1.82, 2.24) is 10.6 Å². The van der Waals surface area contributed by atoms with Gasteiger partial charge in [-0.1, -0.05) is 38.1 Å². The molecule has 0 spiro atoms. The lowest BCUT2D eigenvalue weighted by atomic mass is 10.1. The van der Waals surface area contributed by atoms with Gasteiger partial charge in [0.1, 0.15) is 0 Å². The van der Waals surface area contributed by atoms with E-state index < -0.39 is 0 Å². The second kappa shape index (κ2) is 7.07. The number of hydrogen-bond acceptors (Lipinski definition) is 2. The molecule has 0 saturated heterocycles. The van der Waals surface area contributed by atoms with E-state index in [1.165, 1.54) is 11.1 Å². The van der Waals surface area contributed by atoms with E-state index in [9.17, 15) is 4.79 Å². The molecule has 0 aliphatic carbocycles. The zero-order valence-electron chi connectivity index (χ0n) is 10.9. The Hall–Kier alpha value is -1.35. The molecular formula is C14H22N2O. The van der Waals surface area contributed by atoms with Crippen molar-refractivity contribution in [3.05, 3.63) is 35.4 Å². The molecule has 0 aromatic heterocycles. The van der Waals surface area contributed by atoms with Crippen molar-refractivity contribution >= 4 is 5.91 Å². The summed E-state index contributed by atoms with van der Waals surface area (Å²) < 4.78 is 0. The van der Waals surface area contributed by atoms with Crippen molar-refractivity contribution in [3.63, 3.8) is 0 Å². The Kier molecular flexibility index (Phi) is 5.70. The van der Waals surface area contributed by atoms with Crippen LogP contribution in [-0.4, -0.2) is 19.0 Å². The van der Waals surface area contributed by atoms with Crippen LogP contribution in [0.1, 0.15) is 25.0 Å². The molecule has 0 unspecified atom stereocenters. The minimum atomic E-state index is 0.0623. The fourth-order valence-electron chi connectivity index (χ4n) is 1.50. The smallest absolute Gasteiger partial charge is 0.233 e. The number of aryl methyl sites for hydroxylation is 1. The number of carbonyl (C=O) groups is 1. The quantitative estimate of drug-likeness (QED) is 0.789. The summed E-state index contributed by atoms with van der Waals surface area (Å²) in [7, 11) is 0. The van der Waals surface area contributed by atoms with Gasteiger partial charge in [-0.25, -0.2) is 0 Å². The normalized spacial score (nSPS) is 10.6. The highest BCUT2D eigenvalue weighted by atomic mass is 16.1. The fourth-order valence-corrected chi connectivity index (χ4v) is 1.50. The van der Waals surface area contributed by atoms with Gasteiger partial charge in [0.2, 0.25) is 5.91 Å². The molecule has 1 amide bonds. The average molecular weight is 234 g/mol. The SMILES string of the molecule is Cc1ccccc1CNCC(=O)NCC(C)C. The second-order valence-electron chi connectivity index (χ2n) is 4.73. The Bertz CT molecular complexity index is 361. The zero-order valence-corrected chi connectivity index (χ0v) is 10.9. The number of nitrogens with one attached hydrogen (secondary N) is 2. The van der Waals surface area contributed by atoms with Crippen molar-refractivity contribution in [3.8, 4) is 0 Å². The molecule has 1 aromatic carbocycles. The van der Waals surface area contributed by atoms with E-state index >= 15 is 0 Å². The van der Waals surface area contributed by atoms with Gasteiger partial charge >= 0.3 is 0 Å². The maximum atomic E-state index is 11.4. The van der Waals surface area contributed by atoms with E-state index in [2.05, 4.69) is 43.5 Å². The Balaban J connectivity index is 2.24. The molecule has 94 valence electrons. The third-order valence-corrected chi connectivity index (χ3v) is 2.57. The monoisotopic (exact) mass is 234 g/mol. The highest BCUT2D eigenvalue weighted by molar-refractivity contribution is 5.77. The molecule has 0 saturated carbocycles. The summed E-state index contributed by atoms with van der Waals surface area (Å²) >= 11 is 0. The van der Waals surface area contributed by atoms with Gasteiger partial charge in [-0.2, -0.15) is 0 Å². The summed E-state index contributed by atoms with van der Waals surface area (Å²) in [6.45, 7) is 8.10. The van der Waals surface area contributed by atoms with Crippen LogP contribution in [0.2, 0.25) is 0 Å². The molecule has 0 bridgehead atoms. The zero-order chi connectivity index (χ0) is 12.7. The highest BCUT2D eigenvalue weighted by Gasteiger charge is 2.02. The molecule has 0 radical (unpaired) electrons. The van der Waals surface area contributed by atoms with E-state index in [1.807, 2.05) is 12.1 Å². The van der Waals surface area contributed by atoms with Crippen LogP contribution in [0.25, 0.3) is 0 Å². The molecule has 17 heavy (non-hydrogen) atoms. The third kappa shape index (κ3) is 5.50.